The Balaban J connectivity index is 2.51. The predicted octanol–water partition coefficient (Wildman–Crippen LogP) is 4.73. The van der Waals surface area contributed by atoms with Crippen molar-refractivity contribution >= 4 is 11.6 Å². The van der Waals surface area contributed by atoms with Crippen LogP contribution in [0.25, 0.3) is 0 Å². The fourth-order valence-electron chi connectivity index (χ4n) is 1.83. The van der Waals surface area contributed by atoms with Gasteiger partial charge in [0.05, 0.1) is 6.61 Å². The van der Waals surface area contributed by atoms with Crippen molar-refractivity contribution in [1.29, 1.82) is 0 Å². The van der Waals surface area contributed by atoms with Gasteiger partial charge in [-0.15, -0.1) is 0 Å². The molecule has 2 nitrogen and oxygen atoms in total. The molecule has 6 heteroatoms. The lowest BCUT2D eigenvalue weighted by atomic mass is 10.1. The molecule has 0 aliphatic rings. The normalized spacial score (nSPS) is 13.3. The third-order valence-corrected chi connectivity index (χ3v) is 3.15. The first-order valence-corrected chi connectivity index (χ1v) is 6.93. The maximum atomic E-state index is 12.0. The van der Waals surface area contributed by atoms with E-state index in [4.69, 9.17) is 16.3 Å². The van der Waals surface area contributed by atoms with Crippen molar-refractivity contribution in [3.05, 3.63) is 28.8 Å². The van der Waals surface area contributed by atoms with E-state index in [9.17, 15) is 13.2 Å². The quantitative estimate of drug-likeness (QED) is 0.735. The number of hydrogen-bond acceptors (Lipinski definition) is 2. The van der Waals surface area contributed by atoms with E-state index in [2.05, 4.69) is 5.32 Å². The highest BCUT2D eigenvalue weighted by molar-refractivity contribution is 6.31. The van der Waals surface area contributed by atoms with E-state index >= 15 is 0 Å². The Hall–Kier alpha value is -0.940. The summed E-state index contributed by atoms with van der Waals surface area (Å²) >= 11 is 6.15. The molecular weight excluding hydrogens is 291 g/mol. The standard InChI is InChI=1S/C14H19ClF3NO/c1-3-19-10(2)12-6-5-11(9-13(12)15)20-8-4-7-14(16,17)18/h5-6,9-10,19H,3-4,7-8H2,1-2H3. The van der Waals surface area contributed by atoms with Crippen LogP contribution in [0.3, 0.4) is 0 Å². The molecule has 1 aromatic carbocycles. The van der Waals surface area contributed by atoms with E-state index in [1.165, 1.54) is 0 Å². The SMILES string of the molecule is CCNC(C)c1ccc(OCCCC(F)(F)F)cc1Cl. The lowest BCUT2D eigenvalue weighted by molar-refractivity contribution is -0.136. The van der Waals surface area contributed by atoms with Crippen LogP contribution < -0.4 is 10.1 Å². The molecule has 0 saturated heterocycles. The average Bonchev–Trinajstić information content (AvgIpc) is 2.34. The number of rotatable bonds is 7. The van der Waals surface area contributed by atoms with Crippen LogP contribution in [-0.4, -0.2) is 19.3 Å². The average molecular weight is 310 g/mol. The van der Waals surface area contributed by atoms with Gasteiger partial charge >= 0.3 is 6.18 Å². The molecule has 1 rings (SSSR count). The van der Waals surface area contributed by atoms with Gasteiger partial charge < -0.3 is 10.1 Å². The molecule has 114 valence electrons. The van der Waals surface area contributed by atoms with Crippen molar-refractivity contribution in [2.24, 2.45) is 0 Å². The molecule has 0 heterocycles. The smallest absolute Gasteiger partial charge is 0.389 e. The molecule has 0 fully saturated rings. The molecule has 1 N–H and O–H groups in total. The van der Waals surface area contributed by atoms with E-state index in [1.54, 1.807) is 12.1 Å². The topological polar surface area (TPSA) is 21.3 Å². The van der Waals surface area contributed by atoms with Crippen molar-refractivity contribution in [3.8, 4) is 5.75 Å². The van der Waals surface area contributed by atoms with Crippen molar-refractivity contribution in [1.82, 2.24) is 5.32 Å². The van der Waals surface area contributed by atoms with E-state index in [0.29, 0.717) is 10.8 Å². The first-order valence-electron chi connectivity index (χ1n) is 6.56. The molecule has 0 aromatic heterocycles. The number of halogens is 4. The van der Waals surface area contributed by atoms with Crippen LogP contribution in [-0.2, 0) is 0 Å². The zero-order chi connectivity index (χ0) is 15.2. The Morgan fingerprint density at radius 3 is 2.60 bits per heavy atom. The largest absolute Gasteiger partial charge is 0.494 e. The maximum Gasteiger partial charge on any atom is 0.389 e. The van der Waals surface area contributed by atoms with E-state index in [1.807, 2.05) is 19.9 Å². The fourth-order valence-corrected chi connectivity index (χ4v) is 2.16. The van der Waals surface area contributed by atoms with Gasteiger partial charge in [0.2, 0.25) is 0 Å². The minimum atomic E-state index is -4.13. The van der Waals surface area contributed by atoms with E-state index < -0.39 is 12.6 Å². The van der Waals surface area contributed by atoms with Gasteiger partial charge in [-0.05, 0) is 37.6 Å². The summed E-state index contributed by atoms with van der Waals surface area (Å²) in [7, 11) is 0. The molecule has 0 saturated carbocycles. The van der Waals surface area contributed by atoms with Gasteiger partial charge in [-0.1, -0.05) is 24.6 Å². The summed E-state index contributed by atoms with van der Waals surface area (Å²) in [5.41, 5.74) is 0.941. The van der Waals surface area contributed by atoms with Crippen LogP contribution in [0, 0.1) is 0 Å². The first kappa shape index (κ1) is 17.1. The van der Waals surface area contributed by atoms with Crippen molar-refractivity contribution < 1.29 is 17.9 Å². The highest BCUT2D eigenvalue weighted by Crippen LogP contribution is 2.27. The molecule has 0 spiro atoms. The Morgan fingerprint density at radius 2 is 2.05 bits per heavy atom. The highest BCUT2D eigenvalue weighted by atomic mass is 35.5. The Labute approximate surface area is 122 Å². The molecule has 0 aliphatic heterocycles. The van der Waals surface area contributed by atoms with Gasteiger partial charge in [0, 0.05) is 17.5 Å². The molecule has 1 atom stereocenters. The monoisotopic (exact) mass is 309 g/mol. The van der Waals surface area contributed by atoms with Crippen LogP contribution >= 0.6 is 11.6 Å². The minimum absolute atomic E-state index is 0.0257. The summed E-state index contributed by atoms with van der Waals surface area (Å²) in [5.74, 6) is 0.490. The number of hydrogen-bond donors (Lipinski definition) is 1. The number of benzene rings is 1. The summed E-state index contributed by atoms with van der Waals surface area (Å²) in [4.78, 5) is 0. The summed E-state index contributed by atoms with van der Waals surface area (Å²) in [6.07, 6.45) is -5.03. The summed E-state index contributed by atoms with van der Waals surface area (Å²) in [6.45, 7) is 4.85. The lowest BCUT2D eigenvalue weighted by Gasteiger charge is -2.15. The molecule has 0 radical (unpaired) electrons. The Morgan fingerprint density at radius 1 is 1.35 bits per heavy atom. The molecule has 0 amide bonds. The van der Waals surface area contributed by atoms with Crippen LogP contribution in [0.15, 0.2) is 18.2 Å². The zero-order valence-corrected chi connectivity index (χ0v) is 12.3. The second-order valence-corrected chi connectivity index (χ2v) is 4.94. The molecule has 20 heavy (non-hydrogen) atoms. The van der Waals surface area contributed by atoms with Gasteiger partial charge in [0.1, 0.15) is 5.75 Å². The van der Waals surface area contributed by atoms with Gasteiger partial charge in [0.15, 0.2) is 0 Å². The third kappa shape index (κ3) is 6.01. The molecular formula is C14H19ClF3NO. The lowest BCUT2D eigenvalue weighted by Crippen LogP contribution is -2.18. The van der Waals surface area contributed by atoms with Gasteiger partial charge in [-0.25, -0.2) is 0 Å². The van der Waals surface area contributed by atoms with Crippen LogP contribution in [0.4, 0.5) is 13.2 Å². The first-order chi connectivity index (χ1) is 9.33. The van der Waals surface area contributed by atoms with Crippen molar-refractivity contribution in [2.45, 2.75) is 38.9 Å². The van der Waals surface area contributed by atoms with E-state index in [0.717, 1.165) is 12.1 Å². The van der Waals surface area contributed by atoms with Gasteiger partial charge in [0.25, 0.3) is 0 Å². The maximum absolute atomic E-state index is 12.0. The molecule has 0 aliphatic carbocycles. The number of alkyl halides is 3. The molecule has 1 aromatic rings. The Bertz CT molecular complexity index is 423. The molecule has 0 bridgehead atoms. The summed E-state index contributed by atoms with van der Waals surface area (Å²) in [5, 5.41) is 3.79. The van der Waals surface area contributed by atoms with Crippen molar-refractivity contribution in [2.75, 3.05) is 13.2 Å². The number of ether oxygens (including phenoxy) is 1. The summed E-state index contributed by atoms with van der Waals surface area (Å²) in [6, 6.07) is 5.31. The minimum Gasteiger partial charge on any atom is -0.494 e. The third-order valence-electron chi connectivity index (χ3n) is 2.82. The highest BCUT2D eigenvalue weighted by Gasteiger charge is 2.26. The molecule has 1 unspecified atom stereocenters. The predicted molar refractivity (Wildman–Crippen MR) is 74.3 cm³/mol. The van der Waals surface area contributed by atoms with Crippen LogP contribution in [0.5, 0.6) is 5.75 Å². The van der Waals surface area contributed by atoms with Gasteiger partial charge in [-0.3, -0.25) is 0 Å². The van der Waals surface area contributed by atoms with Crippen LogP contribution in [0.1, 0.15) is 38.3 Å². The second-order valence-electron chi connectivity index (χ2n) is 4.53. The zero-order valence-electron chi connectivity index (χ0n) is 11.6. The number of nitrogens with one attached hydrogen (secondary N) is 1. The van der Waals surface area contributed by atoms with E-state index in [-0.39, 0.29) is 19.1 Å². The van der Waals surface area contributed by atoms with Crippen LogP contribution in [0.2, 0.25) is 5.02 Å². The Kier molecular flexibility index (Phi) is 6.62. The fraction of sp³-hybridized carbons (Fsp3) is 0.571. The second kappa shape index (κ2) is 7.74. The summed E-state index contributed by atoms with van der Waals surface area (Å²) < 4.78 is 41.2. The van der Waals surface area contributed by atoms with Crippen molar-refractivity contribution in [3.63, 3.8) is 0 Å². The van der Waals surface area contributed by atoms with Gasteiger partial charge in [-0.2, -0.15) is 13.2 Å².